The summed E-state index contributed by atoms with van der Waals surface area (Å²) in [5, 5.41) is 73.8. The number of ether oxygens (including phenoxy) is 4. The Morgan fingerprint density at radius 3 is 1.74 bits per heavy atom. The van der Waals surface area contributed by atoms with E-state index in [1.165, 1.54) is 12.8 Å². The van der Waals surface area contributed by atoms with Crippen molar-refractivity contribution >= 4 is 0 Å². The Morgan fingerprint density at radius 2 is 1.16 bits per heavy atom. The van der Waals surface area contributed by atoms with Gasteiger partial charge in [0.1, 0.15) is 48.8 Å². The zero-order chi connectivity index (χ0) is 27.9. The topological polar surface area (TPSA) is 227 Å². The van der Waals surface area contributed by atoms with E-state index in [0.29, 0.717) is 6.54 Å². The monoisotopic (exact) mass is 551 g/mol. The average molecular weight is 552 g/mol. The van der Waals surface area contributed by atoms with E-state index in [1.54, 1.807) is 0 Å². The fraction of sp³-hybridized carbons (Fsp3) is 1.00. The third kappa shape index (κ3) is 10.1. The third-order valence-electron chi connectivity index (χ3n) is 6.96. The summed E-state index contributed by atoms with van der Waals surface area (Å²) in [6, 6.07) is 0. The van der Waals surface area contributed by atoms with Gasteiger partial charge in [-0.25, -0.2) is 0 Å². The van der Waals surface area contributed by atoms with Crippen LogP contribution in [0.25, 0.3) is 10.4 Å². The minimum atomic E-state index is -1.71. The van der Waals surface area contributed by atoms with Crippen LogP contribution in [0, 0.1) is 0 Å². The van der Waals surface area contributed by atoms with Gasteiger partial charge in [0, 0.05) is 18.1 Å². The maximum atomic E-state index is 10.6. The molecule has 14 heteroatoms. The summed E-state index contributed by atoms with van der Waals surface area (Å²) in [4.78, 5) is 2.74. The Hall–Kier alpha value is -1.13. The summed E-state index contributed by atoms with van der Waals surface area (Å²) < 4.78 is 22.0. The molecular formula is C24H45N3O11. The van der Waals surface area contributed by atoms with E-state index in [-0.39, 0.29) is 6.61 Å². The van der Waals surface area contributed by atoms with Crippen LogP contribution in [0.3, 0.4) is 0 Å². The average Bonchev–Trinajstić information content (AvgIpc) is 2.92. The molecule has 14 nitrogen and oxygen atoms in total. The van der Waals surface area contributed by atoms with E-state index >= 15 is 0 Å². The molecule has 0 aromatic carbocycles. The summed E-state index contributed by atoms with van der Waals surface area (Å²) in [5.74, 6) is 0. The lowest BCUT2D eigenvalue weighted by Crippen LogP contribution is -2.64. The van der Waals surface area contributed by atoms with Gasteiger partial charge >= 0.3 is 0 Å². The highest BCUT2D eigenvalue weighted by Gasteiger charge is 2.50. The first-order valence-electron chi connectivity index (χ1n) is 13.6. The molecule has 10 atom stereocenters. The Kier molecular flexibility index (Phi) is 15.9. The highest BCUT2D eigenvalue weighted by Crippen LogP contribution is 2.29. The molecule has 2 aliphatic rings. The van der Waals surface area contributed by atoms with Gasteiger partial charge in [-0.05, 0) is 18.4 Å². The SMILES string of the molecule is [N-]=[N+]=NCCCCCCCCCCCCO[C@@H]1O[C@H](CO)[C@@H](O[C@@H]2O[C@H](CO)[C@H](O)[C@H](O)[C@H]2O)[C@H](O)[C@H]1O. The van der Waals surface area contributed by atoms with Gasteiger partial charge in [-0.3, -0.25) is 0 Å². The zero-order valence-electron chi connectivity index (χ0n) is 21.8. The van der Waals surface area contributed by atoms with E-state index < -0.39 is 74.6 Å². The number of nitrogens with zero attached hydrogens (tertiary/aromatic N) is 3. The molecule has 2 saturated heterocycles. The fourth-order valence-electron chi connectivity index (χ4n) is 4.64. The minimum absolute atomic E-state index is 0.288. The van der Waals surface area contributed by atoms with Crippen molar-refractivity contribution in [2.75, 3.05) is 26.4 Å². The number of hydrogen-bond donors (Lipinski definition) is 7. The Labute approximate surface area is 222 Å². The van der Waals surface area contributed by atoms with Crippen LogP contribution >= 0.6 is 0 Å². The van der Waals surface area contributed by atoms with Crippen LogP contribution in [-0.2, 0) is 18.9 Å². The van der Waals surface area contributed by atoms with Gasteiger partial charge in [0.15, 0.2) is 12.6 Å². The molecule has 0 unspecified atom stereocenters. The second-order valence-electron chi connectivity index (χ2n) is 9.87. The van der Waals surface area contributed by atoms with Gasteiger partial charge in [0.05, 0.1) is 13.2 Å². The van der Waals surface area contributed by atoms with Crippen molar-refractivity contribution in [2.24, 2.45) is 5.11 Å². The standard InChI is InChI=1S/C24H45N3O11/c25-27-26-11-9-7-5-3-1-2-4-6-8-10-12-35-23-21(34)19(32)22(16(14-29)37-23)38-24-20(33)18(31)17(30)15(13-28)36-24/h15-24,28-34H,1-14H2/t15-,16-,17+,18+,19-,20-,21-,22-,23-,24+/m1/s1. The van der Waals surface area contributed by atoms with Crippen molar-refractivity contribution in [3.8, 4) is 0 Å². The predicted molar refractivity (Wildman–Crippen MR) is 133 cm³/mol. The highest BCUT2D eigenvalue weighted by atomic mass is 16.7. The lowest BCUT2D eigenvalue weighted by Gasteiger charge is -2.45. The summed E-state index contributed by atoms with van der Waals surface area (Å²) in [5.41, 5.74) is 8.23. The largest absolute Gasteiger partial charge is 0.394 e. The lowest BCUT2D eigenvalue weighted by molar-refractivity contribution is -0.359. The first-order chi connectivity index (χ1) is 18.3. The summed E-state index contributed by atoms with van der Waals surface area (Å²) >= 11 is 0. The molecule has 0 radical (unpaired) electrons. The molecule has 2 rings (SSSR count). The molecule has 0 amide bonds. The van der Waals surface area contributed by atoms with Gasteiger partial charge < -0.3 is 54.7 Å². The minimum Gasteiger partial charge on any atom is -0.394 e. The third-order valence-corrected chi connectivity index (χ3v) is 6.96. The van der Waals surface area contributed by atoms with E-state index in [0.717, 1.165) is 51.4 Å². The zero-order valence-corrected chi connectivity index (χ0v) is 21.8. The van der Waals surface area contributed by atoms with Crippen LogP contribution in [0.4, 0.5) is 0 Å². The number of aliphatic hydroxyl groups is 7. The Balaban J connectivity index is 1.65. The first kappa shape index (κ1) is 33.1. The molecule has 222 valence electrons. The lowest BCUT2D eigenvalue weighted by atomic mass is 9.97. The van der Waals surface area contributed by atoms with E-state index in [9.17, 15) is 35.7 Å². The summed E-state index contributed by atoms with van der Waals surface area (Å²) in [6.07, 6.45) is -4.01. The van der Waals surface area contributed by atoms with Crippen LogP contribution < -0.4 is 0 Å². The second kappa shape index (κ2) is 18.3. The van der Waals surface area contributed by atoms with Crippen LogP contribution in [-0.4, -0.2) is 124 Å². The highest BCUT2D eigenvalue weighted by molar-refractivity contribution is 4.94. The van der Waals surface area contributed by atoms with Crippen molar-refractivity contribution in [3.05, 3.63) is 10.4 Å². The van der Waals surface area contributed by atoms with Crippen molar-refractivity contribution in [2.45, 2.75) is 126 Å². The smallest absolute Gasteiger partial charge is 0.187 e. The second-order valence-corrected chi connectivity index (χ2v) is 9.87. The van der Waals surface area contributed by atoms with Crippen LogP contribution in [0.1, 0.15) is 64.2 Å². The van der Waals surface area contributed by atoms with Crippen LogP contribution in [0.5, 0.6) is 0 Å². The number of unbranched alkanes of at least 4 members (excludes halogenated alkanes) is 9. The summed E-state index contributed by atoms with van der Waals surface area (Å²) in [7, 11) is 0. The molecule has 0 saturated carbocycles. The van der Waals surface area contributed by atoms with E-state index in [1.807, 2.05) is 0 Å². The molecule has 2 fully saturated rings. The molecule has 0 aliphatic carbocycles. The first-order valence-corrected chi connectivity index (χ1v) is 13.6. The van der Waals surface area contributed by atoms with Gasteiger partial charge in [0.2, 0.25) is 0 Å². The van der Waals surface area contributed by atoms with Crippen molar-refractivity contribution < 1.29 is 54.7 Å². The molecule has 7 N–H and O–H groups in total. The van der Waals surface area contributed by atoms with Gasteiger partial charge in [0.25, 0.3) is 0 Å². The molecule has 0 bridgehead atoms. The molecule has 0 aromatic rings. The number of hydrogen-bond acceptors (Lipinski definition) is 12. The Bertz CT molecular complexity index is 683. The van der Waals surface area contributed by atoms with Gasteiger partial charge in [-0.2, -0.15) is 0 Å². The fourth-order valence-corrected chi connectivity index (χ4v) is 4.64. The number of azide groups is 1. The predicted octanol–water partition coefficient (Wildman–Crippen LogP) is -0.162. The molecular weight excluding hydrogens is 506 g/mol. The normalized spacial score (nSPS) is 35.7. The van der Waals surface area contributed by atoms with E-state index in [4.69, 9.17) is 24.5 Å². The van der Waals surface area contributed by atoms with Gasteiger partial charge in [-0.15, -0.1) is 0 Å². The van der Waals surface area contributed by atoms with E-state index in [2.05, 4.69) is 10.0 Å². The van der Waals surface area contributed by atoms with Crippen molar-refractivity contribution in [3.63, 3.8) is 0 Å². The van der Waals surface area contributed by atoms with Gasteiger partial charge in [-0.1, -0.05) is 56.5 Å². The van der Waals surface area contributed by atoms with Crippen molar-refractivity contribution in [1.82, 2.24) is 0 Å². The Morgan fingerprint density at radius 1 is 0.632 bits per heavy atom. The number of aliphatic hydroxyl groups excluding tert-OH is 7. The number of rotatable bonds is 18. The maximum Gasteiger partial charge on any atom is 0.187 e. The molecule has 0 spiro atoms. The molecule has 0 aromatic heterocycles. The maximum absolute atomic E-state index is 10.6. The molecule has 2 aliphatic heterocycles. The molecule has 2 heterocycles. The molecule has 38 heavy (non-hydrogen) atoms. The quantitative estimate of drug-likeness (QED) is 0.0512. The van der Waals surface area contributed by atoms with Crippen molar-refractivity contribution in [1.29, 1.82) is 0 Å². The van der Waals surface area contributed by atoms with Crippen LogP contribution in [0.2, 0.25) is 0 Å². The summed E-state index contributed by atoms with van der Waals surface area (Å²) in [6.45, 7) is -0.398. The van der Waals surface area contributed by atoms with Crippen LogP contribution in [0.15, 0.2) is 5.11 Å².